The zero-order valence-corrected chi connectivity index (χ0v) is 16.0. The van der Waals surface area contributed by atoms with Crippen LogP contribution in [0.25, 0.3) is 10.9 Å². The molecular weight excluding hydrogens is 302 g/mol. The monoisotopic (exact) mass is 331 g/mol. The summed E-state index contributed by atoms with van der Waals surface area (Å²) >= 11 is 0. The van der Waals surface area contributed by atoms with Crippen LogP contribution in [0.1, 0.15) is 45.6 Å². The van der Waals surface area contributed by atoms with Crippen molar-refractivity contribution >= 4 is 10.9 Å². The molecule has 0 aliphatic heterocycles. The van der Waals surface area contributed by atoms with Gasteiger partial charge >= 0.3 is 0 Å². The number of para-hydroxylation sites is 1. The molecule has 1 nitrogen and oxygen atoms in total. The number of pyridine rings is 1. The fourth-order valence-electron chi connectivity index (χ4n) is 3.06. The third kappa shape index (κ3) is 4.79. The molecule has 0 N–H and O–H groups in total. The average molecular weight is 332 g/mol. The molecule has 1 heteroatoms. The summed E-state index contributed by atoms with van der Waals surface area (Å²) in [4.78, 5) is 4.28. The molecule has 0 amide bonds. The van der Waals surface area contributed by atoms with Gasteiger partial charge in [-0.25, -0.2) is 0 Å². The highest BCUT2D eigenvalue weighted by Crippen LogP contribution is 2.32. The average Bonchev–Trinajstić information content (AvgIpc) is 2.65. The number of nitrogens with zero attached hydrogens (tertiary/aromatic N) is 1. The van der Waals surface area contributed by atoms with Crippen LogP contribution in [0.5, 0.6) is 0 Å². The Hall–Kier alpha value is -2.41. The highest BCUT2D eigenvalue weighted by Gasteiger charge is 2.13. The Balaban J connectivity index is 0.000000165. The van der Waals surface area contributed by atoms with Gasteiger partial charge in [0.2, 0.25) is 0 Å². The summed E-state index contributed by atoms with van der Waals surface area (Å²) < 4.78 is 0. The van der Waals surface area contributed by atoms with E-state index in [2.05, 4.69) is 67.9 Å². The maximum Gasteiger partial charge on any atom is 0.0731 e. The second-order valence-electron chi connectivity index (χ2n) is 6.25. The Morgan fingerprint density at radius 3 is 2.52 bits per heavy atom. The van der Waals surface area contributed by atoms with E-state index >= 15 is 0 Å². The van der Waals surface area contributed by atoms with E-state index in [0.29, 0.717) is 0 Å². The summed E-state index contributed by atoms with van der Waals surface area (Å²) in [6.45, 7) is 12.3. The molecule has 2 aliphatic carbocycles. The second-order valence-corrected chi connectivity index (χ2v) is 6.25. The normalized spacial score (nSPS) is 15.5. The van der Waals surface area contributed by atoms with Gasteiger partial charge in [0.25, 0.3) is 0 Å². The Kier molecular flexibility index (Phi) is 6.94. The summed E-state index contributed by atoms with van der Waals surface area (Å²) in [6, 6.07) is 10.3. The lowest BCUT2D eigenvalue weighted by Crippen LogP contribution is -2.01. The number of aromatic nitrogens is 1. The molecule has 130 valence electrons. The van der Waals surface area contributed by atoms with Crippen molar-refractivity contribution in [2.24, 2.45) is 0 Å². The molecule has 25 heavy (non-hydrogen) atoms. The van der Waals surface area contributed by atoms with Crippen LogP contribution in [0.3, 0.4) is 0 Å². The van der Waals surface area contributed by atoms with Crippen LogP contribution in [0.4, 0.5) is 0 Å². The first-order valence-electron chi connectivity index (χ1n) is 9.20. The molecule has 0 saturated carbocycles. The van der Waals surface area contributed by atoms with E-state index in [4.69, 9.17) is 0 Å². The van der Waals surface area contributed by atoms with E-state index < -0.39 is 0 Å². The SMILES string of the molecule is C=C1CC2=C(C=C1C)CCC=C2.CC.Cc1cccc2cccnc12. The van der Waals surface area contributed by atoms with Gasteiger partial charge in [-0.15, -0.1) is 0 Å². The van der Waals surface area contributed by atoms with E-state index in [1.807, 2.05) is 26.1 Å². The number of hydrogen-bond acceptors (Lipinski definition) is 1. The molecule has 1 heterocycles. The Morgan fingerprint density at radius 1 is 1.00 bits per heavy atom. The Morgan fingerprint density at radius 2 is 1.76 bits per heavy atom. The molecule has 1 aromatic carbocycles. The fourth-order valence-corrected chi connectivity index (χ4v) is 3.06. The van der Waals surface area contributed by atoms with E-state index in [1.165, 1.54) is 46.1 Å². The zero-order valence-electron chi connectivity index (χ0n) is 16.0. The largest absolute Gasteiger partial charge is 0.256 e. The van der Waals surface area contributed by atoms with Gasteiger partial charge < -0.3 is 0 Å². The first-order valence-corrected chi connectivity index (χ1v) is 9.20. The zero-order chi connectivity index (χ0) is 18.2. The van der Waals surface area contributed by atoms with Crippen LogP contribution < -0.4 is 0 Å². The summed E-state index contributed by atoms with van der Waals surface area (Å²) in [6.07, 6.45) is 12.1. The lowest BCUT2D eigenvalue weighted by atomic mass is 9.85. The molecule has 0 unspecified atom stereocenters. The van der Waals surface area contributed by atoms with Crippen molar-refractivity contribution in [2.75, 3.05) is 0 Å². The highest BCUT2D eigenvalue weighted by atomic mass is 14.6. The Bertz CT molecular complexity index is 829. The van der Waals surface area contributed by atoms with Crippen molar-refractivity contribution < 1.29 is 0 Å². The van der Waals surface area contributed by atoms with Crippen LogP contribution in [0.2, 0.25) is 0 Å². The number of rotatable bonds is 0. The summed E-state index contributed by atoms with van der Waals surface area (Å²) in [5.74, 6) is 0. The second kappa shape index (κ2) is 9.17. The number of hydrogen-bond donors (Lipinski definition) is 0. The van der Waals surface area contributed by atoms with Crippen LogP contribution in [0.15, 0.2) is 83.6 Å². The molecule has 0 fully saturated rings. The number of aryl methyl sites for hydroxylation is 1. The molecule has 0 atom stereocenters. The van der Waals surface area contributed by atoms with E-state index in [9.17, 15) is 0 Å². The maximum absolute atomic E-state index is 4.28. The predicted molar refractivity (Wildman–Crippen MR) is 111 cm³/mol. The van der Waals surface area contributed by atoms with Crippen molar-refractivity contribution in [3.05, 3.63) is 89.2 Å². The van der Waals surface area contributed by atoms with Gasteiger partial charge in [-0.1, -0.05) is 62.9 Å². The van der Waals surface area contributed by atoms with Crippen LogP contribution in [-0.2, 0) is 0 Å². The third-order valence-corrected chi connectivity index (χ3v) is 4.50. The van der Waals surface area contributed by atoms with Crippen LogP contribution in [0, 0.1) is 6.92 Å². The minimum Gasteiger partial charge on any atom is -0.256 e. The number of allylic oxidation sites excluding steroid dienone is 7. The van der Waals surface area contributed by atoms with Crippen LogP contribution >= 0.6 is 0 Å². The van der Waals surface area contributed by atoms with Gasteiger partial charge in [0.15, 0.2) is 0 Å². The number of fused-ring (bicyclic) bond motifs is 1. The maximum atomic E-state index is 4.28. The molecule has 2 aromatic rings. The van der Waals surface area contributed by atoms with Gasteiger partial charge in [0.1, 0.15) is 0 Å². The molecule has 0 spiro atoms. The molecular formula is C24H29N. The first kappa shape index (κ1) is 18.9. The van der Waals surface area contributed by atoms with Crippen molar-refractivity contribution in [1.29, 1.82) is 0 Å². The summed E-state index contributed by atoms with van der Waals surface area (Å²) in [7, 11) is 0. The van der Waals surface area contributed by atoms with Gasteiger partial charge in [0.05, 0.1) is 5.52 Å². The van der Waals surface area contributed by atoms with Crippen molar-refractivity contribution in [3.63, 3.8) is 0 Å². The smallest absolute Gasteiger partial charge is 0.0731 e. The standard InChI is InChI=1S/C12H14.C10H9N.C2H6/c1-9-7-11-5-3-4-6-12(11)8-10(9)2;1-8-4-2-5-9-6-3-7-11-10(8)9;1-2/h3,5,8H,1,4,6-7H2,2H3;2-7H,1H3;1-2H3. The molecule has 2 aliphatic rings. The minimum absolute atomic E-state index is 1.06. The topological polar surface area (TPSA) is 12.9 Å². The first-order chi connectivity index (χ1) is 12.1. The van der Waals surface area contributed by atoms with Gasteiger partial charge in [-0.2, -0.15) is 0 Å². The highest BCUT2D eigenvalue weighted by molar-refractivity contribution is 5.81. The van der Waals surface area contributed by atoms with Crippen molar-refractivity contribution in [2.45, 2.75) is 47.0 Å². The number of benzene rings is 1. The quantitative estimate of drug-likeness (QED) is 0.501. The van der Waals surface area contributed by atoms with E-state index in [0.717, 1.165) is 11.9 Å². The lowest BCUT2D eigenvalue weighted by Gasteiger charge is -2.20. The summed E-state index contributed by atoms with van der Waals surface area (Å²) in [5.41, 5.74) is 8.00. The minimum atomic E-state index is 1.06. The van der Waals surface area contributed by atoms with Crippen molar-refractivity contribution in [3.8, 4) is 0 Å². The summed E-state index contributed by atoms with van der Waals surface area (Å²) in [5, 5.41) is 1.22. The van der Waals surface area contributed by atoms with E-state index in [1.54, 1.807) is 0 Å². The Labute approximate surface area is 152 Å². The molecule has 0 bridgehead atoms. The third-order valence-electron chi connectivity index (χ3n) is 4.50. The van der Waals surface area contributed by atoms with Crippen LogP contribution in [-0.4, -0.2) is 4.98 Å². The van der Waals surface area contributed by atoms with Gasteiger partial charge in [0, 0.05) is 11.6 Å². The predicted octanol–water partition coefficient (Wildman–Crippen LogP) is 7.11. The molecule has 4 rings (SSSR count). The fraction of sp³-hybridized carbons (Fsp3) is 0.292. The molecule has 0 saturated heterocycles. The van der Waals surface area contributed by atoms with Crippen molar-refractivity contribution in [1.82, 2.24) is 4.98 Å². The van der Waals surface area contributed by atoms with Gasteiger partial charge in [-0.05, 0) is 67.0 Å². The van der Waals surface area contributed by atoms with Gasteiger partial charge in [-0.3, -0.25) is 4.98 Å². The molecule has 0 radical (unpaired) electrons. The lowest BCUT2D eigenvalue weighted by molar-refractivity contribution is 0.928. The van der Waals surface area contributed by atoms with E-state index in [-0.39, 0.29) is 0 Å². The molecule has 1 aromatic heterocycles.